The number of hydrogen-bond acceptors (Lipinski definition) is 7. The van der Waals surface area contributed by atoms with Gasteiger partial charge in [0.05, 0.1) is 5.56 Å². The molecule has 0 aliphatic carbocycles. The quantitative estimate of drug-likeness (QED) is 0.635. The van der Waals surface area contributed by atoms with Gasteiger partial charge in [-0.15, -0.1) is 0 Å². The summed E-state index contributed by atoms with van der Waals surface area (Å²) in [6.45, 7) is 1.29. The molecule has 158 valence electrons. The van der Waals surface area contributed by atoms with Crippen molar-refractivity contribution in [3.8, 4) is 0 Å². The molecule has 9 nitrogen and oxygen atoms in total. The lowest BCUT2D eigenvalue weighted by atomic mass is 10.2. The molecule has 0 radical (unpaired) electrons. The zero-order valence-electron chi connectivity index (χ0n) is 15.2. The van der Waals surface area contributed by atoms with Crippen LogP contribution in [0.15, 0.2) is 33.7 Å². The Labute approximate surface area is 163 Å². The van der Waals surface area contributed by atoms with Crippen LogP contribution in [0.3, 0.4) is 0 Å². The summed E-state index contributed by atoms with van der Waals surface area (Å²) in [5.41, 5.74) is -0.704. The van der Waals surface area contributed by atoms with E-state index in [2.05, 4.69) is 15.2 Å². The van der Waals surface area contributed by atoms with Crippen molar-refractivity contribution in [3.05, 3.63) is 41.3 Å². The predicted octanol–water partition coefficient (Wildman–Crippen LogP) is 1.77. The molecule has 1 heterocycles. The van der Waals surface area contributed by atoms with Gasteiger partial charge in [0.2, 0.25) is 10.0 Å². The Morgan fingerprint density at radius 1 is 1.17 bits per heavy atom. The fourth-order valence-corrected chi connectivity index (χ4v) is 3.52. The van der Waals surface area contributed by atoms with Crippen molar-refractivity contribution in [1.82, 2.24) is 9.88 Å². The number of benzene rings is 1. The minimum absolute atomic E-state index is 0.0410. The number of carbonyl (C=O) groups excluding carboxylic acids is 2. The Hall–Kier alpha value is -2.93. The molecule has 0 saturated heterocycles. The molecule has 29 heavy (non-hydrogen) atoms. The Morgan fingerprint density at radius 3 is 2.31 bits per heavy atom. The first-order chi connectivity index (χ1) is 13.4. The predicted molar refractivity (Wildman–Crippen MR) is 92.2 cm³/mol. The zero-order valence-corrected chi connectivity index (χ0v) is 16.0. The van der Waals surface area contributed by atoms with Crippen molar-refractivity contribution in [2.75, 3.05) is 18.5 Å². The second-order valence-corrected chi connectivity index (χ2v) is 7.47. The minimum atomic E-state index is -4.50. The number of aryl methyl sites for hydroxylation is 2. The van der Waals surface area contributed by atoms with Gasteiger partial charge in [-0.05, 0) is 38.1 Å². The van der Waals surface area contributed by atoms with Crippen LogP contribution < -0.4 is 10.0 Å². The fourth-order valence-electron chi connectivity index (χ4n) is 2.22. The van der Waals surface area contributed by atoms with Crippen molar-refractivity contribution in [3.63, 3.8) is 0 Å². The van der Waals surface area contributed by atoms with E-state index in [0.29, 0.717) is 0 Å². The second kappa shape index (κ2) is 8.61. The molecule has 0 aliphatic heterocycles. The molecular formula is C16H16F3N3O6S. The van der Waals surface area contributed by atoms with Gasteiger partial charge in [-0.3, -0.25) is 9.59 Å². The van der Waals surface area contributed by atoms with Crippen LogP contribution in [-0.4, -0.2) is 38.6 Å². The molecule has 13 heteroatoms. The molecule has 1 aromatic carbocycles. The molecule has 0 atom stereocenters. The second-order valence-electron chi connectivity index (χ2n) is 5.76. The summed E-state index contributed by atoms with van der Waals surface area (Å²) in [4.78, 5) is 23.2. The van der Waals surface area contributed by atoms with E-state index in [1.54, 1.807) is 0 Å². The van der Waals surface area contributed by atoms with Gasteiger partial charge in [0, 0.05) is 5.69 Å². The van der Waals surface area contributed by atoms with E-state index >= 15 is 0 Å². The van der Waals surface area contributed by atoms with Gasteiger partial charge < -0.3 is 14.6 Å². The smallest absolute Gasteiger partial charge is 0.416 e. The van der Waals surface area contributed by atoms with E-state index < -0.39 is 46.8 Å². The van der Waals surface area contributed by atoms with Gasteiger partial charge in [-0.1, -0.05) is 5.16 Å². The number of aromatic nitrogens is 1. The fraction of sp³-hybridized carbons (Fsp3) is 0.312. The van der Waals surface area contributed by atoms with Crippen molar-refractivity contribution in [2.45, 2.75) is 24.9 Å². The minimum Gasteiger partial charge on any atom is -0.455 e. The number of sulfonamides is 1. The number of rotatable bonds is 7. The lowest BCUT2D eigenvalue weighted by molar-refractivity contribution is -0.146. The van der Waals surface area contributed by atoms with E-state index in [1.165, 1.54) is 13.8 Å². The molecule has 1 amide bonds. The van der Waals surface area contributed by atoms with Gasteiger partial charge >= 0.3 is 12.1 Å². The molecule has 2 rings (SSSR count). The molecule has 2 N–H and O–H groups in total. The maximum absolute atomic E-state index is 12.5. The van der Waals surface area contributed by atoms with Crippen molar-refractivity contribution >= 4 is 27.6 Å². The number of halogens is 3. The standard InChI is InChI=1S/C16H16F3N3O6S/c1-9-15(10(2)28-22-9)29(25,26)20-7-14(24)27-8-13(23)21-12-5-3-11(4-6-12)16(17,18)19/h3-6,20H,7-8H2,1-2H3,(H,21,23). The van der Waals surface area contributed by atoms with Gasteiger partial charge in [-0.25, -0.2) is 8.42 Å². The molecule has 0 fully saturated rings. The summed E-state index contributed by atoms with van der Waals surface area (Å²) >= 11 is 0. The summed E-state index contributed by atoms with van der Waals surface area (Å²) < 4.78 is 73.1. The Morgan fingerprint density at radius 2 is 1.79 bits per heavy atom. The Kier molecular flexibility index (Phi) is 6.64. The third-order valence-corrected chi connectivity index (χ3v) is 5.15. The number of alkyl halides is 3. The van der Waals surface area contributed by atoms with Crippen LogP contribution in [-0.2, 0) is 30.5 Å². The summed E-state index contributed by atoms with van der Waals surface area (Å²) in [6, 6.07) is 3.65. The number of esters is 1. The Bertz CT molecular complexity index is 980. The average molecular weight is 435 g/mol. The third kappa shape index (κ3) is 6.02. The average Bonchev–Trinajstić information content (AvgIpc) is 2.97. The first-order valence-electron chi connectivity index (χ1n) is 7.95. The molecule has 0 aliphatic rings. The topological polar surface area (TPSA) is 128 Å². The number of amides is 1. The van der Waals surface area contributed by atoms with E-state index in [-0.39, 0.29) is 22.0 Å². The number of nitrogens with one attached hydrogen (secondary N) is 2. The molecule has 2 aromatic rings. The van der Waals surface area contributed by atoms with Crippen LogP contribution in [0.4, 0.5) is 18.9 Å². The summed E-state index contributed by atoms with van der Waals surface area (Å²) in [7, 11) is -4.08. The highest BCUT2D eigenvalue weighted by Crippen LogP contribution is 2.29. The van der Waals surface area contributed by atoms with E-state index in [4.69, 9.17) is 4.52 Å². The van der Waals surface area contributed by atoms with Gasteiger partial charge in [0.25, 0.3) is 5.91 Å². The van der Waals surface area contributed by atoms with Crippen molar-refractivity contribution in [2.24, 2.45) is 0 Å². The number of anilines is 1. The van der Waals surface area contributed by atoms with E-state index in [9.17, 15) is 31.2 Å². The highest BCUT2D eigenvalue weighted by Gasteiger charge is 2.30. The zero-order chi connectivity index (χ0) is 21.8. The molecule has 0 saturated carbocycles. The largest absolute Gasteiger partial charge is 0.455 e. The van der Waals surface area contributed by atoms with Gasteiger partial charge in [0.15, 0.2) is 12.4 Å². The first kappa shape index (κ1) is 22.4. The SMILES string of the molecule is Cc1noc(C)c1S(=O)(=O)NCC(=O)OCC(=O)Nc1ccc(C(F)(F)F)cc1. The Balaban J connectivity index is 1.82. The van der Waals surface area contributed by atoms with Gasteiger partial charge in [0.1, 0.15) is 17.1 Å². The summed E-state index contributed by atoms with van der Waals surface area (Å²) in [5, 5.41) is 5.74. The number of ether oxygens (including phenoxy) is 1. The highest BCUT2D eigenvalue weighted by atomic mass is 32.2. The van der Waals surface area contributed by atoms with Crippen molar-refractivity contribution in [1.29, 1.82) is 0 Å². The monoisotopic (exact) mass is 435 g/mol. The number of hydrogen-bond donors (Lipinski definition) is 2. The molecule has 0 bridgehead atoms. The van der Waals surface area contributed by atoms with E-state index in [1.807, 2.05) is 4.72 Å². The van der Waals surface area contributed by atoms with Crippen LogP contribution in [0.1, 0.15) is 17.0 Å². The highest BCUT2D eigenvalue weighted by molar-refractivity contribution is 7.89. The van der Waals surface area contributed by atoms with Crippen molar-refractivity contribution < 1.29 is 40.4 Å². The first-order valence-corrected chi connectivity index (χ1v) is 9.44. The van der Waals surface area contributed by atoms with Crippen LogP contribution in [0, 0.1) is 13.8 Å². The van der Waals surface area contributed by atoms with Gasteiger partial charge in [-0.2, -0.15) is 17.9 Å². The summed E-state index contributed by atoms with van der Waals surface area (Å²) in [5.74, 6) is -1.81. The number of carbonyl (C=O) groups is 2. The van der Waals surface area contributed by atoms with E-state index in [0.717, 1.165) is 24.3 Å². The van der Waals surface area contributed by atoms with Crippen LogP contribution >= 0.6 is 0 Å². The molecule has 0 spiro atoms. The molecule has 1 aromatic heterocycles. The van der Waals surface area contributed by atoms with Crippen LogP contribution in [0.2, 0.25) is 0 Å². The lowest BCUT2D eigenvalue weighted by Crippen LogP contribution is -2.32. The molecule has 0 unspecified atom stereocenters. The third-order valence-electron chi connectivity index (χ3n) is 3.50. The number of nitrogens with zero attached hydrogens (tertiary/aromatic N) is 1. The lowest BCUT2D eigenvalue weighted by Gasteiger charge is -2.09. The maximum atomic E-state index is 12.5. The van der Waals surface area contributed by atoms with Crippen LogP contribution in [0.25, 0.3) is 0 Å². The normalized spacial score (nSPS) is 11.9. The molecular weight excluding hydrogens is 419 g/mol. The summed E-state index contributed by atoms with van der Waals surface area (Å²) in [6.07, 6.45) is -4.50. The maximum Gasteiger partial charge on any atom is 0.416 e. The van der Waals surface area contributed by atoms with Crippen LogP contribution in [0.5, 0.6) is 0 Å².